The van der Waals surface area contributed by atoms with Crippen molar-refractivity contribution >= 4 is 29.7 Å². The van der Waals surface area contributed by atoms with Gasteiger partial charge in [-0.05, 0) is 61.4 Å². The van der Waals surface area contributed by atoms with Gasteiger partial charge < -0.3 is 20.5 Å². The van der Waals surface area contributed by atoms with Crippen LogP contribution in [0.2, 0.25) is 0 Å². The van der Waals surface area contributed by atoms with Crippen molar-refractivity contribution in [1.82, 2.24) is 15.4 Å². The van der Waals surface area contributed by atoms with Gasteiger partial charge in [0.15, 0.2) is 0 Å². The molecule has 0 saturated heterocycles. The summed E-state index contributed by atoms with van der Waals surface area (Å²) in [4.78, 5) is 7.65. The highest BCUT2D eigenvalue weighted by atomic mass is 16.3. The van der Waals surface area contributed by atoms with Gasteiger partial charge in [-0.15, -0.1) is 0 Å². The molecule has 6 nitrogen and oxygen atoms in total. The molecule has 0 aromatic carbocycles. The van der Waals surface area contributed by atoms with E-state index in [2.05, 4.69) is 22.3 Å². The van der Waals surface area contributed by atoms with Crippen molar-refractivity contribution in [2.75, 3.05) is 13.2 Å². The van der Waals surface area contributed by atoms with Crippen molar-refractivity contribution in [3.05, 3.63) is 24.0 Å². The van der Waals surface area contributed by atoms with Crippen LogP contribution in [0.4, 0.5) is 0 Å². The third-order valence-electron chi connectivity index (χ3n) is 6.86. The summed E-state index contributed by atoms with van der Waals surface area (Å²) in [5, 5.41) is 25.7. The van der Waals surface area contributed by atoms with E-state index in [1.165, 1.54) is 25.7 Å². The zero-order valence-electron chi connectivity index (χ0n) is 17.3. The molecule has 0 aliphatic heterocycles. The fraction of sp³-hybridized carbons (Fsp3) is 0.636. The van der Waals surface area contributed by atoms with Gasteiger partial charge in [-0.2, -0.15) is 5.10 Å². The molecule has 4 rings (SSSR count). The first kappa shape index (κ1) is 20.4. The second-order valence-corrected chi connectivity index (χ2v) is 8.69. The van der Waals surface area contributed by atoms with Crippen LogP contribution in [0.5, 0.6) is 0 Å². The van der Waals surface area contributed by atoms with Gasteiger partial charge in [-0.25, -0.2) is 4.98 Å². The number of pyridine rings is 1. The average molecular weight is 395 g/mol. The van der Waals surface area contributed by atoms with Crippen molar-refractivity contribution < 1.29 is 10.1 Å². The number of fused-ring (bicyclic) bond motifs is 3. The van der Waals surface area contributed by atoms with Crippen molar-refractivity contribution in [3.63, 3.8) is 0 Å². The number of nitrogens with zero attached hydrogens (tertiary/aromatic N) is 2. The smallest absolute Gasteiger partial charge is 0.329 e. The predicted octanol–water partition coefficient (Wildman–Crippen LogP) is 2.33. The lowest BCUT2D eigenvalue weighted by atomic mass is 9.59. The molecular formula is C22H32BN4O2. The Morgan fingerprint density at radius 2 is 2.28 bits per heavy atom. The Bertz CT molecular complexity index is 852. The molecule has 2 fully saturated rings. The number of aliphatic hydroxyl groups is 1. The summed E-state index contributed by atoms with van der Waals surface area (Å²) in [7, 11) is 1.15. The number of aromatic nitrogens is 2. The molecule has 4 atom stereocenters. The molecule has 4 unspecified atom stereocenters. The molecule has 1 radical (unpaired) electrons. The highest BCUT2D eigenvalue weighted by Crippen LogP contribution is 2.48. The Morgan fingerprint density at radius 3 is 3.07 bits per heavy atom. The Kier molecular flexibility index (Phi) is 6.55. The first-order chi connectivity index (χ1) is 14.3. The number of H-pyrrole nitrogens is 1. The van der Waals surface area contributed by atoms with Gasteiger partial charge in [0, 0.05) is 42.4 Å². The highest BCUT2D eigenvalue weighted by Gasteiger charge is 2.43. The molecule has 4 N–H and O–H groups in total. The van der Waals surface area contributed by atoms with Gasteiger partial charge in [0.25, 0.3) is 0 Å². The van der Waals surface area contributed by atoms with Crippen LogP contribution in [0.1, 0.15) is 57.4 Å². The lowest BCUT2D eigenvalue weighted by Crippen LogP contribution is -2.43. The van der Waals surface area contributed by atoms with E-state index in [4.69, 9.17) is 5.10 Å². The number of rotatable bonds is 8. The Hall–Kier alpha value is -1.86. The maximum absolute atomic E-state index is 9.99. The van der Waals surface area contributed by atoms with E-state index in [0.29, 0.717) is 17.3 Å². The van der Waals surface area contributed by atoms with Gasteiger partial charge in [0.1, 0.15) is 5.65 Å². The normalized spacial score (nSPS) is 27.2. The van der Waals surface area contributed by atoms with E-state index in [-0.39, 0.29) is 12.5 Å². The van der Waals surface area contributed by atoms with Gasteiger partial charge in [0.05, 0.1) is 5.71 Å². The summed E-state index contributed by atoms with van der Waals surface area (Å²) in [5.74, 6) is 2.05. The number of hydrazone groups is 1. The highest BCUT2D eigenvalue weighted by molar-refractivity contribution is 6.49. The first-order valence-electron chi connectivity index (χ1n) is 11.1. The van der Waals surface area contributed by atoms with Crippen LogP contribution in [0.3, 0.4) is 0 Å². The minimum absolute atomic E-state index is 0.213. The van der Waals surface area contributed by atoms with Crippen LogP contribution in [-0.4, -0.2) is 46.4 Å². The van der Waals surface area contributed by atoms with Crippen molar-refractivity contribution in [2.45, 2.75) is 51.9 Å². The summed E-state index contributed by atoms with van der Waals surface area (Å²) in [6.07, 6.45) is 11.6. The second-order valence-electron chi connectivity index (χ2n) is 8.69. The number of hydrogen-bond donors (Lipinski definition) is 4. The van der Waals surface area contributed by atoms with Crippen molar-refractivity contribution in [1.29, 1.82) is 0 Å². The number of aromatic amines is 1. The Labute approximate surface area is 173 Å². The van der Waals surface area contributed by atoms with E-state index >= 15 is 0 Å². The quantitative estimate of drug-likeness (QED) is 0.239. The first-order valence-corrected chi connectivity index (χ1v) is 11.1. The van der Waals surface area contributed by atoms with Crippen LogP contribution in [-0.2, 0) is 0 Å². The van der Waals surface area contributed by atoms with Crippen LogP contribution < -0.4 is 10.9 Å². The number of hydrogen-bond acceptors (Lipinski definition) is 5. The number of aliphatic hydroxyl groups excluding tert-OH is 1. The standard InChI is InChI=1S/C22H32BN4O2/c1-2-8-26-27-21(20-17-6-9-24-22(17)25-13-18(20)23-29)19-15-5-3-4-14(11-15)12-16(19)7-10-28/h6,9,13-16,19,26,28-29H,2-5,7-8,10-12H2,1H3,(H,24,25)/b27-21-. The van der Waals surface area contributed by atoms with E-state index in [1.807, 2.05) is 12.3 Å². The zero-order chi connectivity index (χ0) is 20.2. The maximum Gasteiger partial charge on any atom is 0.329 e. The monoisotopic (exact) mass is 395 g/mol. The molecule has 29 heavy (non-hydrogen) atoms. The lowest BCUT2D eigenvalue weighted by molar-refractivity contribution is 0.0836. The van der Waals surface area contributed by atoms with Gasteiger partial charge >= 0.3 is 7.48 Å². The third kappa shape index (κ3) is 4.08. The average Bonchev–Trinajstić information content (AvgIpc) is 3.21. The largest absolute Gasteiger partial charge is 0.450 e. The molecule has 0 amide bonds. The van der Waals surface area contributed by atoms with Crippen LogP contribution in [0, 0.1) is 23.7 Å². The molecular weight excluding hydrogens is 363 g/mol. The van der Waals surface area contributed by atoms with Gasteiger partial charge in [0.2, 0.25) is 0 Å². The molecule has 2 aliphatic carbocycles. The fourth-order valence-corrected chi connectivity index (χ4v) is 5.70. The van der Waals surface area contributed by atoms with E-state index in [0.717, 1.165) is 61.5 Å². The molecule has 2 heterocycles. The Morgan fingerprint density at radius 1 is 1.38 bits per heavy atom. The summed E-state index contributed by atoms with van der Waals surface area (Å²) < 4.78 is 0. The van der Waals surface area contributed by atoms with Gasteiger partial charge in [-0.3, -0.25) is 0 Å². The molecule has 2 aromatic heterocycles. The maximum atomic E-state index is 9.99. The van der Waals surface area contributed by atoms with Crippen LogP contribution >= 0.6 is 0 Å². The summed E-state index contributed by atoms with van der Waals surface area (Å²) in [6, 6.07) is 2.02. The number of nitrogens with one attached hydrogen (secondary N) is 2. The third-order valence-corrected chi connectivity index (χ3v) is 6.86. The lowest BCUT2D eigenvalue weighted by Gasteiger charge is -2.46. The SMILES string of the molecule is CCCN/N=C(\c1c([B]O)cnc2[nH]ccc12)C1C(CCO)CC2CCCC1C2. The topological polar surface area (TPSA) is 93.5 Å². The minimum atomic E-state index is 0.213. The van der Waals surface area contributed by atoms with E-state index < -0.39 is 0 Å². The van der Waals surface area contributed by atoms with E-state index in [1.54, 1.807) is 6.20 Å². The van der Waals surface area contributed by atoms with Crippen molar-refractivity contribution in [2.24, 2.45) is 28.8 Å². The molecule has 2 aromatic rings. The molecule has 7 heteroatoms. The molecule has 2 aliphatic rings. The molecule has 0 spiro atoms. The molecule has 2 saturated carbocycles. The minimum Gasteiger partial charge on any atom is -0.450 e. The molecule has 2 bridgehead atoms. The van der Waals surface area contributed by atoms with Gasteiger partial charge in [-0.1, -0.05) is 19.8 Å². The summed E-state index contributed by atoms with van der Waals surface area (Å²) in [5.41, 5.74) is 6.78. The second kappa shape index (κ2) is 9.31. The van der Waals surface area contributed by atoms with Crippen LogP contribution in [0.25, 0.3) is 11.0 Å². The fourth-order valence-electron chi connectivity index (χ4n) is 5.70. The van der Waals surface area contributed by atoms with Crippen molar-refractivity contribution in [3.8, 4) is 0 Å². The molecule has 155 valence electrons. The van der Waals surface area contributed by atoms with Crippen LogP contribution in [0.15, 0.2) is 23.6 Å². The predicted molar refractivity (Wildman–Crippen MR) is 117 cm³/mol. The summed E-state index contributed by atoms with van der Waals surface area (Å²) in [6.45, 7) is 3.16. The summed E-state index contributed by atoms with van der Waals surface area (Å²) >= 11 is 0. The Balaban J connectivity index is 1.84. The van der Waals surface area contributed by atoms with E-state index in [9.17, 15) is 10.1 Å². The zero-order valence-corrected chi connectivity index (χ0v) is 17.3.